The van der Waals surface area contributed by atoms with Crippen LogP contribution in [0.2, 0.25) is 0 Å². The molecule has 1 aliphatic rings. The van der Waals surface area contributed by atoms with Crippen LogP contribution >= 0.6 is 11.3 Å². The van der Waals surface area contributed by atoms with E-state index >= 15 is 0 Å². The zero-order valence-corrected chi connectivity index (χ0v) is 12.8. The van der Waals surface area contributed by atoms with E-state index in [9.17, 15) is 9.59 Å². The molecule has 0 spiro atoms. The van der Waals surface area contributed by atoms with E-state index in [1.54, 1.807) is 0 Å². The highest BCUT2D eigenvalue weighted by molar-refractivity contribution is 7.13. The van der Waals surface area contributed by atoms with Crippen LogP contribution < -0.4 is 5.32 Å². The summed E-state index contributed by atoms with van der Waals surface area (Å²) in [6.45, 7) is 5.29. The Morgan fingerprint density at radius 1 is 1.45 bits per heavy atom. The minimum absolute atomic E-state index is 0.00937. The predicted octanol–water partition coefficient (Wildman–Crippen LogP) is 2.43. The number of aromatic nitrogens is 1. The lowest BCUT2D eigenvalue weighted by atomic mass is 9.96. The number of hydrogen-bond donors (Lipinski definition) is 1. The molecule has 0 aromatic carbocycles. The molecule has 0 bridgehead atoms. The Hall–Kier alpha value is -1.43. The second-order valence-corrected chi connectivity index (χ2v) is 6.05. The zero-order valence-electron chi connectivity index (χ0n) is 12.0. The predicted molar refractivity (Wildman–Crippen MR) is 79.7 cm³/mol. The van der Waals surface area contributed by atoms with Gasteiger partial charge in [0.15, 0.2) is 5.13 Å². The molecule has 5 nitrogen and oxygen atoms in total. The lowest BCUT2D eigenvalue weighted by Gasteiger charge is -2.31. The summed E-state index contributed by atoms with van der Waals surface area (Å²) in [5.74, 6) is 0.230. The molecule has 0 unspecified atom stereocenters. The van der Waals surface area contributed by atoms with E-state index in [4.69, 9.17) is 0 Å². The molecule has 1 aliphatic heterocycles. The maximum Gasteiger partial charge on any atom is 0.229 e. The van der Waals surface area contributed by atoms with Crippen molar-refractivity contribution in [3.05, 3.63) is 11.1 Å². The van der Waals surface area contributed by atoms with Crippen LogP contribution in [0.25, 0.3) is 0 Å². The molecule has 6 heteroatoms. The second-order valence-electron chi connectivity index (χ2n) is 5.19. The molecule has 0 saturated carbocycles. The van der Waals surface area contributed by atoms with Gasteiger partial charge in [-0.1, -0.05) is 6.92 Å². The summed E-state index contributed by atoms with van der Waals surface area (Å²) < 4.78 is 0. The number of likely N-dealkylation sites (tertiary alicyclic amines) is 1. The van der Waals surface area contributed by atoms with Crippen LogP contribution in [0.3, 0.4) is 0 Å². The third kappa shape index (κ3) is 3.79. The molecular formula is C14H21N3O2S. The molecule has 110 valence electrons. The summed E-state index contributed by atoms with van der Waals surface area (Å²) in [4.78, 5) is 30.0. The van der Waals surface area contributed by atoms with Crippen molar-refractivity contribution in [2.75, 3.05) is 18.4 Å². The number of carbonyl (C=O) groups excluding carboxylic acids is 2. The van der Waals surface area contributed by atoms with E-state index in [0.717, 1.165) is 25.0 Å². The van der Waals surface area contributed by atoms with Crippen molar-refractivity contribution in [2.45, 2.75) is 39.5 Å². The SMILES string of the molecule is CCCC(=O)N1CCC(C(=O)Nc2nc(C)cs2)CC1. The average Bonchev–Trinajstić information content (AvgIpc) is 2.84. The van der Waals surface area contributed by atoms with Gasteiger partial charge in [-0.3, -0.25) is 9.59 Å². The standard InChI is InChI=1S/C14H21N3O2S/c1-3-4-12(18)17-7-5-11(6-8-17)13(19)16-14-15-10(2)9-20-14/h9,11H,3-8H2,1-2H3,(H,15,16,19). The summed E-state index contributed by atoms with van der Waals surface area (Å²) in [5.41, 5.74) is 0.922. The van der Waals surface area contributed by atoms with E-state index in [-0.39, 0.29) is 17.7 Å². The number of nitrogens with one attached hydrogen (secondary N) is 1. The van der Waals surface area contributed by atoms with Gasteiger partial charge in [0, 0.05) is 30.8 Å². The Labute approximate surface area is 123 Å². The molecule has 1 N–H and O–H groups in total. The number of aryl methyl sites for hydroxylation is 1. The summed E-state index contributed by atoms with van der Waals surface area (Å²) in [6, 6.07) is 0. The van der Waals surface area contributed by atoms with Gasteiger partial charge in [-0.05, 0) is 26.2 Å². The maximum absolute atomic E-state index is 12.1. The third-order valence-electron chi connectivity index (χ3n) is 3.53. The Kier molecular flexibility index (Phi) is 5.11. The minimum atomic E-state index is -0.00937. The lowest BCUT2D eigenvalue weighted by Crippen LogP contribution is -2.41. The van der Waals surface area contributed by atoms with Gasteiger partial charge < -0.3 is 10.2 Å². The summed E-state index contributed by atoms with van der Waals surface area (Å²) in [7, 11) is 0. The maximum atomic E-state index is 12.1. The lowest BCUT2D eigenvalue weighted by molar-refractivity contribution is -0.134. The van der Waals surface area contributed by atoms with Crippen molar-refractivity contribution in [3.8, 4) is 0 Å². The summed E-state index contributed by atoms with van der Waals surface area (Å²) >= 11 is 1.45. The highest BCUT2D eigenvalue weighted by Gasteiger charge is 2.27. The molecule has 0 atom stereocenters. The second kappa shape index (κ2) is 6.83. The van der Waals surface area contributed by atoms with Crippen LogP contribution in [0.15, 0.2) is 5.38 Å². The third-order valence-corrected chi connectivity index (χ3v) is 4.41. The van der Waals surface area contributed by atoms with Crippen LogP contribution in [0.5, 0.6) is 0 Å². The Morgan fingerprint density at radius 3 is 2.70 bits per heavy atom. The Morgan fingerprint density at radius 2 is 2.15 bits per heavy atom. The zero-order chi connectivity index (χ0) is 14.5. The number of amides is 2. The topological polar surface area (TPSA) is 62.3 Å². The van der Waals surface area contributed by atoms with Gasteiger partial charge in [-0.2, -0.15) is 0 Å². The van der Waals surface area contributed by atoms with Gasteiger partial charge in [-0.25, -0.2) is 4.98 Å². The first kappa shape index (κ1) is 15.0. The van der Waals surface area contributed by atoms with Crippen molar-refractivity contribution in [2.24, 2.45) is 5.92 Å². The fraction of sp³-hybridized carbons (Fsp3) is 0.643. The van der Waals surface area contributed by atoms with Crippen LogP contribution in [0.1, 0.15) is 38.3 Å². The highest BCUT2D eigenvalue weighted by atomic mass is 32.1. The number of thiazole rings is 1. The van der Waals surface area contributed by atoms with E-state index in [0.29, 0.717) is 24.6 Å². The molecule has 1 saturated heterocycles. The van der Waals surface area contributed by atoms with E-state index in [1.807, 2.05) is 24.1 Å². The van der Waals surface area contributed by atoms with Gasteiger partial charge in [0.05, 0.1) is 5.69 Å². The van der Waals surface area contributed by atoms with Gasteiger partial charge in [0.25, 0.3) is 0 Å². The van der Waals surface area contributed by atoms with Crippen molar-refractivity contribution in [1.82, 2.24) is 9.88 Å². The molecule has 0 aliphatic carbocycles. The van der Waals surface area contributed by atoms with Gasteiger partial charge in [-0.15, -0.1) is 11.3 Å². The van der Waals surface area contributed by atoms with E-state index in [1.165, 1.54) is 11.3 Å². The van der Waals surface area contributed by atoms with Crippen molar-refractivity contribution < 1.29 is 9.59 Å². The summed E-state index contributed by atoms with van der Waals surface area (Å²) in [6.07, 6.45) is 2.97. The summed E-state index contributed by atoms with van der Waals surface area (Å²) in [5, 5.41) is 5.45. The normalized spacial score (nSPS) is 16.2. The number of piperidine rings is 1. The molecule has 2 rings (SSSR count). The molecule has 1 fully saturated rings. The molecule has 0 radical (unpaired) electrons. The van der Waals surface area contributed by atoms with Crippen molar-refractivity contribution in [1.29, 1.82) is 0 Å². The van der Waals surface area contributed by atoms with Crippen LogP contribution in [0.4, 0.5) is 5.13 Å². The van der Waals surface area contributed by atoms with Crippen molar-refractivity contribution >= 4 is 28.3 Å². The molecule has 1 aromatic heterocycles. The van der Waals surface area contributed by atoms with E-state index < -0.39 is 0 Å². The van der Waals surface area contributed by atoms with Gasteiger partial charge in [0.2, 0.25) is 11.8 Å². The number of nitrogens with zero attached hydrogens (tertiary/aromatic N) is 2. The monoisotopic (exact) mass is 295 g/mol. The van der Waals surface area contributed by atoms with Crippen LogP contribution in [-0.2, 0) is 9.59 Å². The fourth-order valence-electron chi connectivity index (χ4n) is 2.38. The van der Waals surface area contributed by atoms with Gasteiger partial charge >= 0.3 is 0 Å². The van der Waals surface area contributed by atoms with Crippen LogP contribution in [0, 0.1) is 12.8 Å². The van der Waals surface area contributed by atoms with E-state index in [2.05, 4.69) is 10.3 Å². The number of carbonyl (C=O) groups is 2. The minimum Gasteiger partial charge on any atom is -0.343 e. The molecule has 2 amide bonds. The molecule has 20 heavy (non-hydrogen) atoms. The first-order valence-corrected chi connectivity index (χ1v) is 7.99. The van der Waals surface area contributed by atoms with Gasteiger partial charge in [0.1, 0.15) is 0 Å². The largest absolute Gasteiger partial charge is 0.343 e. The average molecular weight is 295 g/mol. The molecule has 1 aromatic rings. The number of anilines is 1. The quantitative estimate of drug-likeness (QED) is 0.928. The van der Waals surface area contributed by atoms with Crippen LogP contribution in [-0.4, -0.2) is 34.8 Å². The molecule has 2 heterocycles. The van der Waals surface area contributed by atoms with Crippen molar-refractivity contribution in [3.63, 3.8) is 0 Å². The highest BCUT2D eigenvalue weighted by Crippen LogP contribution is 2.21. The first-order chi connectivity index (χ1) is 9.60. The number of rotatable bonds is 4. The first-order valence-electron chi connectivity index (χ1n) is 7.11. The number of hydrogen-bond acceptors (Lipinski definition) is 4. The Bertz CT molecular complexity index is 479. The smallest absolute Gasteiger partial charge is 0.229 e. The fourth-order valence-corrected chi connectivity index (χ4v) is 3.07. The Balaban J connectivity index is 1.81. The molecular weight excluding hydrogens is 274 g/mol.